The van der Waals surface area contributed by atoms with E-state index in [-0.39, 0.29) is 17.3 Å². The lowest BCUT2D eigenvalue weighted by atomic mass is 10.2. The van der Waals surface area contributed by atoms with Gasteiger partial charge in [-0.1, -0.05) is 45.5 Å². The molecule has 0 spiro atoms. The molecule has 0 aliphatic carbocycles. The number of hydrogen-bond acceptors (Lipinski definition) is 8. The SMILES string of the molecule is O=C(O)CC1SC(=NN=Cc2ccc(Sc3ccc(Br)cc3)c([N+](=O)[O-])c2)NC1=O. The first-order valence-corrected chi connectivity index (χ1v) is 10.8. The summed E-state index contributed by atoms with van der Waals surface area (Å²) < 4.78 is 0.917. The van der Waals surface area contributed by atoms with Gasteiger partial charge in [0.1, 0.15) is 5.25 Å². The van der Waals surface area contributed by atoms with Gasteiger partial charge >= 0.3 is 5.97 Å². The largest absolute Gasteiger partial charge is 0.481 e. The molecule has 1 heterocycles. The highest BCUT2D eigenvalue weighted by Crippen LogP contribution is 2.35. The van der Waals surface area contributed by atoms with Gasteiger partial charge in [0, 0.05) is 21.0 Å². The van der Waals surface area contributed by atoms with Crippen LogP contribution in [0.3, 0.4) is 0 Å². The maximum Gasteiger partial charge on any atom is 0.305 e. The summed E-state index contributed by atoms with van der Waals surface area (Å²) in [6.07, 6.45) is 1.01. The smallest absolute Gasteiger partial charge is 0.305 e. The molecule has 1 aliphatic heterocycles. The Morgan fingerprint density at radius 2 is 2.07 bits per heavy atom. The van der Waals surface area contributed by atoms with E-state index in [1.54, 1.807) is 12.1 Å². The molecule has 0 aromatic heterocycles. The highest BCUT2D eigenvalue weighted by molar-refractivity contribution is 9.10. The van der Waals surface area contributed by atoms with Gasteiger partial charge in [0.05, 0.1) is 22.5 Å². The second-order valence-electron chi connectivity index (χ2n) is 5.88. The summed E-state index contributed by atoms with van der Waals surface area (Å²) in [7, 11) is 0. The number of benzene rings is 2. The molecule has 154 valence electrons. The van der Waals surface area contributed by atoms with Crippen molar-refractivity contribution in [1.29, 1.82) is 0 Å². The third-order valence-electron chi connectivity index (χ3n) is 3.71. The van der Waals surface area contributed by atoms with E-state index >= 15 is 0 Å². The average Bonchev–Trinajstić information content (AvgIpc) is 3.03. The van der Waals surface area contributed by atoms with Crippen LogP contribution >= 0.6 is 39.5 Å². The minimum atomic E-state index is -1.08. The number of nitrogens with zero attached hydrogens (tertiary/aromatic N) is 3. The number of amides is 1. The highest BCUT2D eigenvalue weighted by Gasteiger charge is 2.32. The van der Waals surface area contributed by atoms with Gasteiger partial charge in [-0.25, -0.2) is 0 Å². The number of carboxylic acid groups (broad SMARTS) is 1. The van der Waals surface area contributed by atoms with Crippen molar-refractivity contribution in [2.24, 2.45) is 10.2 Å². The second kappa shape index (κ2) is 9.87. The summed E-state index contributed by atoms with van der Waals surface area (Å²) in [5, 5.41) is 29.8. The third-order valence-corrected chi connectivity index (χ3v) is 6.39. The number of rotatable bonds is 7. The zero-order valence-corrected chi connectivity index (χ0v) is 18.2. The molecule has 1 fully saturated rings. The van der Waals surface area contributed by atoms with Crippen molar-refractivity contribution in [3.05, 3.63) is 62.6 Å². The van der Waals surface area contributed by atoms with E-state index in [9.17, 15) is 19.7 Å². The van der Waals surface area contributed by atoms with Gasteiger partial charge < -0.3 is 10.4 Å². The normalized spacial score (nSPS) is 17.4. The minimum Gasteiger partial charge on any atom is -0.481 e. The number of nitro groups is 1. The molecular formula is C18H13BrN4O5S2. The number of carbonyl (C=O) groups excluding carboxylic acids is 1. The minimum absolute atomic E-state index is 0.0652. The molecule has 1 amide bonds. The standard InChI is InChI=1S/C18H13BrN4O5S2/c19-11-2-4-12(5-3-11)29-14-6-1-10(7-13(14)23(27)28)9-20-22-18-21-17(26)15(30-18)8-16(24)25/h1-7,9,15H,8H2,(H,24,25)(H,21,22,26). The topological polar surface area (TPSA) is 134 Å². The fourth-order valence-electron chi connectivity index (χ4n) is 2.37. The van der Waals surface area contributed by atoms with Crippen LogP contribution in [0.5, 0.6) is 0 Å². The number of amidine groups is 1. The number of carboxylic acids is 1. The van der Waals surface area contributed by atoms with E-state index in [2.05, 4.69) is 31.4 Å². The molecule has 1 aliphatic rings. The summed E-state index contributed by atoms with van der Waals surface area (Å²) in [5.74, 6) is -1.53. The number of halogens is 1. The lowest BCUT2D eigenvalue weighted by Crippen LogP contribution is -2.26. The molecule has 2 aromatic carbocycles. The highest BCUT2D eigenvalue weighted by atomic mass is 79.9. The van der Waals surface area contributed by atoms with E-state index in [0.29, 0.717) is 10.5 Å². The molecule has 12 heteroatoms. The van der Waals surface area contributed by atoms with Crippen molar-refractivity contribution in [1.82, 2.24) is 5.32 Å². The van der Waals surface area contributed by atoms with Crippen LogP contribution in [0.15, 0.2) is 66.9 Å². The van der Waals surface area contributed by atoms with Gasteiger partial charge in [-0.3, -0.25) is 19.7 Å². The van der Waals surface area contributed by atoms with Crippen LogP contribution in [0.25, 0.3) is 0 Å². The predicted octanol–water partition coefficient (Wildman–Crippen LogP) is 3.90. The first-order chi connectivity index (χ1) is 14.3. The van der Waals surface area contributed by atoms with Gasteiger partial charge in [0.2, 0.25) is 5.91 Å². The maximum absolute atomic E-state index is 11.7. The van der Waals surface area contributed by atoms with Gasteiger partial charge in [0.25, 0.3) is 5.69 Å². The summed E-state index contributed by atoms with van der Waals surface area (Å²) in [5.41, 5.74) is 0.396. The number of aliphatic carboxylic acids is 1. The Kier molecular flexibility index (Phi) is 7.24. The van der Waals surface area contributed by atoms with Crippen LogP contribution in [-0.2, 0) is 9.59 Å². The maximum atomic E-state index is 11.7. The molecule has 3 rings (SSSR count). The summed E-state index contributed by atoms with van der Waals surface area (Å²) in [6.45, 7) is 0. The van der Waals surface area contributed by atoms with E-state index in [1.807, 2.05) is 24.3 Å². The predicted molar refractivity (Wildman–Crippen MR) is 118 cm³/mol. The first-order valence-electron chi connectivity index (χ1n) is 8.34. The van der Waals surface area contributed by atoms with Crippen molar-refractivity contribution in [2.75, 3.05) is 0 Å². The second-order valence-corrected chi connectivity index (χ2v) is 9.11. The molecule has 1 atom stereocenters. The fraction of sp³-hybridized carbons (Fsp3) is 0.111. The van der Waals surface area contributed by atoms with E-state index < -0.39 is 22.0 Å². The lowest BCUT2D eigenvalue weighted by Gasteiger charge is -2.04. The van der Waals surface area contributed by atoms with Crippen LogP contribution in [0.4, 0.5) is 5.69 Å². The van der Waals surface area contributed by atoms with Gasteiger partial charge in [-0.2, -0.15) is 5.10 Å². The number of carbonyl (C=O) groups is 2. The van der Waals surface area contributed by atoms with E-state index in [0.717, 1.165) is 21.1 Å². The monoisotopic (exact) mass is 508 g/mol. The molecule has 9 nitrogen and oxygen atoms in total. The van der Waals surface area contributed by atoms with Crippen LogP contribution in [0.2, 0.25) is 0 Å². The summed E-state index contributed by atoms with van der Waals surface area (Å²) in [4.78, 5) is 34.8. The van der Waals surface area contributed by atoms with Crippen LogP contribution in [0.1, 0.15) is 12.0 Å². The number of nitrogens with one attached hydrogen (secondary N) is 1. The fourth-order valence-corrected chi connectivity index (χ4v) is 4.45. The summed E-state index contributed by atoms with van der Waals surface area (Å²) in [6, 6.07) is 12.1. The Labute approximate surface area is 187 Å². The van der Waals surface area contributed by atoms with Gasteiger partial charge in [0.15, 0.2) is 5.17 Å². The average molecular weight is 509 g/mol. The molecule has 1 unspecified atom stereocenters. The van der Waals surface area contributed by atoms with Crippen LogP contribution < -0.4 is 5.32 Å². The third kappa shape index (κ3) is 5.90. The Morgan fingerprint density at radius 1 is 1.33 bits per heavy atom. The molecule has 2 aromatic rings. The Balaban J connectivity index is 1.73. The molecule has 0 saturated carbocycles. The van der Waals surface area contributed by atoms with Crippen molar-refractivity contribution >= 4 is 68.4 Å². The molecular weight excluding hydrogens is 496 g/mol. The molecule has 0 radical (unpaired) electrons. The van der Waals surface area contributed by atoms with Crippen molar-refractivity contribution in [3.63, 3.8) is 0 Å². The van der Waals surface area contributed by atoms with E-state index in [4.69, 9.17) is 5.11 Å². The number of thioether (sulfide) groups is 1. The van der Waals surface area contributed by atoms with Crippen molar-refractivity contribution in [3.8, 4) is 0 Å². The van der Waals surface area contributed by atoms with Crippen molar-refractivity contribution in [2.45, 2.75) is 21.5 Å². The molecule has 0 bridgehead atoms. The first kappa shape index (κ1) is 22.0. The van der Waals surface area contributed by atoms with Crippen LogP contribution in [0, 0.1) is 10.1 Å². The summed E-state index contributed by atoms with van der Waals surface area (Å²) >= 11 is 5.60. The number of nitro benzene ring substituents is 1. The zero-order chi connectivity index (χ0) is 21.7. The Bertz CT molecular complexity index is 1060. The molecule has 1 saturated heterocycles. The van der Waals surface area contributed by atoms with Gasteiger partial charge in [-0.15, -0.1) is 5.10 Å². The van der Waals surface area contributed by atoms with Crippen molar-refractivity contribution < 1.29 is 19.6 Å². The zero-order valence-electron chi connectivity index (χ0n) is 15.0. The molecule has 30 heavy (non-hydrogen) atoms. The van der Waals surface area contributed by atoms with Gasteiger partial charge in [-0.05, 0) is 30.3 Å². The quantitative estimate of drug-likeness (QED) is 0.328. The Hall–Kier alpha value is -2.70. The lowest BCUT2D eigenvalue weighted by molar-refractivity contribution is -0.387. The van der Waals surface area contributed by atoms with E-state index in [1.165, 1.54) is 24.0 Å². The molecule has 2 N–H and O–H groups in total. The van der Waals surface area contributed by atoms with Crippen LogP contribution in [-0.4, -0.2) is 38.5 Å². The Morgan fingerprint density at radius 3 is 2.73 bits per heavy atom. The number of hydrogen-bond donors (Lipinski definition) is 2.